The summed E-state index contributed by atoms with van der Waals surface area (Å²) in [6.07, 6.45) is 0. The molecule has 4 rings (SSSR count). The van der Waals surface area contributed by atoms with Crippen LogP contribution in [0.5, 0.6) is 0 Å². The molecule has 2 N–H and O–H groups in total. The van der Waals surface area contributed by atoms with E-state index in [1.54, 1.807) is 6.07 Å². The van der Waals surface area contributed by atoms with Gasteiger partial charge in [0.15, 0.2) is 0 Å². The van der Waals surface area contributed by atoms with Gasteiger partial charge in [-0.3, -0.25) is 14.6 Å². The Morgan fingerprint density at radius 3 is 2.38 bits per heavy atom. The average molecular weight is 426 g/mol. The molecule has 6 heteroatoms. The second-order valence-corrected chi connectivity index (χ2v) is 8.94. The highest BCUT2D eigenvalue weighted by Gasteiger charge is 2.18. The molecule has 0 atom stereocenters. The van der Waals surface area contributed by atoms with Crippen molar-refractivity contribution in [3.63, 3.8) is 0 Å². The van der Waals surface area contributed by atoms with Crippen LogP contribution in [0.2, 0.25) is 5.02 Å². The van der Waals surface area contributed by atoms with Crippen molar-refractivity contribution in [1.82, 2.24) is 9.80 Å². The fourth-order valence-electron chi connectivity index (χ4n) is 3.68. The Balaban J connectivity index is 1.31. The number of benzene rings is 2. The fraction of sp³-hybridized carbons (Fsp3) is 0.261. The molecule has 1 amide bonds. The predicted molar refractivity (Wildman–Crippen MR) is 120 cm³/mol. The Labute approximate surface area is 180 Å². The summed E-state index contributed by atoms with van der Waals surface area (Å²) in [5.74, 6) is -0.372. The third-order valence-electron chi connectivity index (χ3n) is 5.26. The number of nitrogens with zero attached hydrogens (tertiary/aromatic N) is 2. The monoisotopic (exact) mass is 425 g/mol. The molecule has 2 heterocycles. The number of hydrogen-bond acceptors (Lipinski definition) is 4. The molecule has 1 saturated heterocycles. The van der Waals surface area contributed by atoms with Crippen molar-refractivity contribution in [2.75, 3.05) is 26.2 Å². The number of thiophene rings is 1. The van der Waals surface area contributed by atoms with Crippen LogP contribution in [0, 0.1) is 0 Å². The van der Waals surface area contributed by atoms with Crippen LogP contribution in [0.4, 0.5) is 0 Å². The Morgan fingerprint density at radius 1 is 0.931 bits per heavy atom. The van der Waals surface area contributed by atoms with E-state index in [0.717, 1.165) is 55.4 Å². The van der Waals surface area contributed by atoms with Gasteiger partial charge in [-0.15, -0.1) is 11.3 Å². The Kier molecular flexibility index (Phi) is 6.31. The molecule has 150 valence electrons. The third-order valence-corrected chi connectivity index (χ3v) is 6.70. The largest absolute Gasteiger partial charge is 0.366 e. The lowest BCUT2D eigenvalue weighted by atomic mass is 10.1. The van der Waals surface area contributed by atoms with E-state index < -0.39 is 0 Å². The minimum atomic E-state index is -0.372. The highest BCUT2D eigenvalue weighted by Crippen LogP contribution is 2.33. The molecule has 1 aliphatic heterocycles. The van der Waals surface area contributed by atoms with E-state index in [4.69, 9.17) is 17.3 Å². The van der Waals surface area contributed by atoms with Crippen LogP contribution >= 0.6 is 22.9 Å². The van der Waals surface area contributed by atoms with E-state index in [2.05, 4.69) is 34.1 Å². The SMILES string of the molecule is NC(=O)c1cccc(CN2CCN(Cc3ccc(-c4ccccc4Cl)s3)CC2)c1. The van der Waals surface area contributed by atoms with Gasteiger partial charge in [0.25, 0.3) is 0 Å². The maximum atomic E-state index is 11.4. The normalized spacial score (nSPS) is 15.5. The van der Waals surface area contributed by atoms with Crippen molar-refractivity contribution in [2.45, 2.75) is 13.1 Å². The van der Waals surface area contributed by atoms with Gasteiger partial charge < -0.3 is 5.73 Å². The van der Waals surface area contributed by atoms with E-state index in [-0.39, 0.29) is 5.91 Å². The second-order valence-electron chi connectivity index (χ2n) is 7.36. The Morgan fingerprint density at radius 2 is 1.66 bits per heavy atom. The zero-order valence-corrected chi connectivity index (χ0v) is 17.8. The van der Waals surface area contributed by atoms with E-state index in [1.807, 2.05) is 41.7 Å². The number of hydrogen-bond donors (Lipinski definition) is 1. The first-order valence-corrected chi connectivity index (χ1v) is 10.9. The molecule has 1 fully saturated rings. The van der Waals surface area contributed by atoms with Crippen LogP contribution in [0.3, 0.4) is 0 Å². The molecule has 0 unspecified atom stereocenters. The van der Waals surface area contributed by atoms with Gasteiger partial charge in [0.1, 0.15) is 0 Å². The smallest absolute Gasteiger partial charge is 0.248 e. The molecular weight excluding hydrogens is 402 g/mol. The lowest BCUT2D eigenvalue weighted by Crippen LogP contribution is -2.45. The zero-order valence-electron chi connectivity index (χ0n) is 16.2. The Hall–Kier alpha value is -2.18. The number of piperazine rings is 1. The molecule has 1 aliphatic rings. The van der Waals surface area contributed by atoms with Crippen LogP contribution in [-0.4, -0.2) is 41.9 Å². The first kappa shape index (κ1) is 20.1. The summed E-state index contributed by atoms with van der Waals surface area (Å²) in [6, 6.07) is 20.0. The zero-order chi connectivity index (χ0) is 20.2. The van der Waals surface area contributed by atoms with Gasteiger partial charge in [-0.2, -0.15) is 0 Å². The van der Waals surface area contributed by atoms with Crippen molar-refractivity contribution < 1.29 is 4.79 Å². The first-order chi connectivity index (χ1) is 14.1. The van der Waals surface area contributed by atoms with Crippen LogP contribution < -0.4 is 5.73 Å². The van der Waals surface area contributed by atoms with Crippen LogP contribution in [0.1, 0.15) is 20.8 Å². The summed E-state index contributed by atoms with van der Waals surface area (Å²) in [6.45, 7) is 5.93. The van der Waals surface area contributed by atoms with E-state index in [0.29, 0.717) is 5.56 Å². The summed E-state index contributed by atoms with van der Waals surface area (Å²) in [7, 11) is 0. The van der Waals surface area contributed by atoms with Crippen molar-refractivity contribution in [3.8, 4) is 10.4 Å². The lowest BCUT2D eigenvalue weighted by Gasteiger charge is -2.34. The van der Waals surface area contributed by atoms with Gasteiger partial charge in [0.05, 0.1) is 0 Å². The summed E-state index contributed by atoms with van der Waals surface area (Å²) >= 11 is 8.15. The third kappa shape index (κ3) is 5.06. The fourth-order valence-corrected chi connectivity index (χ4v) is 5.06. The van der Waals surface area contributed by atoms with Gasteiger partial charge in [-0.25, -0.2) is 0 Å². The van der Waals surface area contributed by atoms with E-state index >= 15 is 0 Å². The molecule has 1 aromatic heterocycles. The van der Waals surface area contributed by atoms with Gasteiger partial charge in [-0.05, 0) is 35.9 Å². The first-order valence-electron chi connectivity index (χ1n) is 9.75. The standard InChI is InChI=1S/C23H24ClN3OS/c24-21-7-2-1-6-20(21)22-9-8-19(29-22)16-27-12-10-26(11-13-27)15-17-4-3-5-18(14-17)23(25)28/h1-9,14H,10-13,15-16H2,(H2,25,28). The number of primary amides is 1. The highest BCUT2D eigenvalue weighted by atomic mass is 35.5. The number of carbonyl (C=O) groups is 1. The predicted octanol–water partition coefficient (Wildman–Crippen LogP) is 4.49. The number of halogens is 1. The number of amides is 1. The van der Waals surface area contributed by atoms with Gasteiger partial charge >= 0.3 is 0 Å². The minimum absolute atomic E-state index is 0.372. The quantitative estimate of drug-likeness (QED) is 0.633. The van der Waals surface area contributed by atoms with E-state index in [9.17, 15) is 4.79 Å². The van der Waals surface area contributed by atoms with Crippen LogP contribution in [0.15, 0.2) is 60.7 Å². The second kappa shape index (κ2) is 9.09. The molecular formula is C23H24ClN3OS. The van der Waals surface area contributed by atoms with Crippen molar-refractivity contribution in [3.05, 3.63) is 81.7 Å². The van der Waals surface area contributed by atoms with Gasteiger partial charge in [-0.1, -0.05) is 41.9 Å². The summed E-state index contributed by atoms with van der Waals surface area (Å²) < 4.78 is 0. The van der Waals surface area contributed by atoms with Crippen LogP contribution in [0.25, 0.3) is 10.4 Å². The van der Waals surface area contributed by atoms with Crippen LogP contribution in [-0.2, 0) is 13.1 Å². The maximum Gasteiger partial charge on any atom is 0.248 e. The lowest BCUT2D eigenvalue weighted by molar-refractivity contribution is 0.0999. The summed E-state index contributed by atoms with van der Waals surface area (Å²) in [5, 5.41) is 0.801. The molecule has 0 saturated carbocycles. The molecule has 2 aromatic carbocycles. The van der Waals surface area contributed by atoms with Crippen molar-refractivity contribution in [2.24, 2.45) is 5.73 Å². The van der Waals surface area contributed by atoms with Gasteiger partial charge in [0, 0.05) is 65.2 Å². The summed E-state index contributed by atoms with van der Waals surface area (Å²) in [4.78, 5) is 18.9. The Bertz CT molecular complexity index is 995. The number of nitrogens with two attached hydrogens (primary N) is 1. The molecule has 0 bridgehead atoms. The molecule has 4 nitrogen and oxygen atoms in total. The van der Waals surface area contributed by atoms with Crippen molar-refractivity contribution >= 4 is 28.8 Å². The number of carbonyl (C=O) groups excluding carboxylic acids is 1. The topological polar surface area (TPSA) is 49.6 Å². The molecule has 0 aliphatic carbocycles. The van der Waals surface area contributed by atoms with E-state index in [1.165, 1.54) is 9.75 Å². The highest BCUT2D eigenvalue weighted by molar-refractivity contribution is 7.15. The average Bonchev–Trinajstić information content (AvgIpc) is 3.18. The van der Waals surface area contributed by atoms with Gasteiger partial charge in [0.2, 0.25) is 5.91 Å². The minimum Gasteiger partial charge on any atom is -0.366 e. The molecule has 3 aromatic rings. The number of rotatable bonds is 6. The molecule has 29 heavy (non-hydrogen) atoms. The molecule has 0 radical (unpaired) electrons. The summed E-state index contributed by atoms with van der Waals surface area (Å²) in [5.41, 5.74) is 8.21. The van der Waals surface area contributed by atoms with Crippen molar-refractivity contribution in [1.29, 1.82) is 0 Å². The maximum absolute atomic E-state index is 11.4. The molecule has 0 spiro atoms.